The Morgan fingerprint density at radius 3 is 2.30 bits per heavy atom. The molecule has 0 fully saturated rings. The summed E-state index contributed by atoms with van der Waals surface area (Å²) >= 11 is 0. The fourth-order valence-corrected chi connectivity index (χ4v) is 2.91. The molecule has 0 bridgehead atoms. The highest BCUT2D eigenvalue weighted by Gasteiger charge is 2.20. The molecule has 1 aromatic heterocycles. The van der Waals surface area contributed by atoms with Crippen molar-refractivity contribution in [2.24, 2.45) is 0 Å². The van der Waals surface area contributed by atoms with E-state index in [-0.39, 0.29) is 30.0 Å². The van der Waals surface area contributed by atoms with E-state index in [9.17, 15) is 27.6 Å². The molecule has 11 nitrogen and oxygen atoms in total. The number of pyridine rings is 1. The van der Waals surface area contributed by atoms with Crippen LogP contribution in [0.15, 0.2) is 17.2 Å². The second-order valence-electron chi connectivity index (χ2n) is 6.57. The summed E-state index contributed by atoms with van der Waals surface area (Å²) in [6, 6.07) is 2.51. The number of nitrogens with zero attached hydrogens (tertiary/aromatic N) is 2. The highest BCUT2D eigenvalue weighted by molar-refractivity contribution is 7.90. The summed E-state index contributed by atoms with van der Waals surface area (Å²) < 4.78 is 23.4. The summed E-state index contributed by atoms with van der Waals surface area (Å²) in [4.78, 5) is 50.8. The van der Waals surface area contributed by atoms with E-state index in [2.05, 4.69) is 20.9 Å². The van der Waals surface area contributed by atoms with Gasteiger partial charge < -0.3 is 16.0 Å². The second-order valence-corrected chi connectivity index (χ2v) is 8.50. The minimum atomic E-state index is -3.81. The number of amides is 3. The van der Waals surface area contributed by atoms with Crippen LogP contribution in [0.3, 0.4) is 0 Å². The third-order valence-corrected chi connectivity index (χ3v) is 4.96. The van der Waals surface area contributed by atoms with Gasteiger partial charge in [0, 0.05) is 19.2 Å². The molecule has 12 heteroatoms. The van der Waals surface area contributed by atoms with Crippen molar-refractivity contribution in [2.75, 3.05) is 12.8 Å². The number of ketones is 1. The number of hydrogen-bond acceptors (Lipinski definition) is 8. The first kappa shape index (κ1) is 24.7. The van der Waals surface area contributed by atoms with Gasteiger partial charge in [-0.05, 0) is 32.9 Å². The smallest absolute Gasteiger partial charge is 0.269 e. The molecule has 30 heavy (non-hydrogen) atoms. The zero-order chi connectivity index (χ0) is 23.1. The van der Waals surface area contributed by atoms with Crippen LogP contribution in [-0.2, 0) is 24.2 Å². The highest BCUT2D eigenvalue weighted by atomic mass is 32.2. The maximum absolute atomic E-state index is 12.1. The highest BCUT2D eigenvalue weighted by Crippen LogP contribution is 2.13. The first-order valence-electron chi connectivity index (χ1n) is 8.86. The third-order valence-electron chi connectivity index (χ3n) is 3.94. The molecule has 0 unspecified atom stereocenters. The molecule has 0 aliphatic rings. The molecule has 0 radical (unpaired) electrons. The third kappa shape index (κ3) is 7.25. The quantitative estimate of drug-likeness (QED) is 0.444. The summed E-state index contributed by atoms with van der Waals surface area (Å²) in [5.74, 6) is -1.98. The minimum absolute atomic E-state index is 0.0985. The normalized spacial score (nSPS) is 12.8. The van der Waals surface area contributed by atoms with Crippen LogP contribution in [-0.4, -0.2) is 61.8 Å². The van der Waals surface area contributed by atoms with Crippen molar-refractivity contribution in [3.8, 4) is 6.07 Å². The summed E-state index contributed by atoms with van der Waals surface area (Å²) in [6.45, 7) is 4.21. The van der Waals surface area contributed by atoms with Crippen molar-refractivity contribution >= 4 is 33.3 Å². The fourth-order valence-electron chi connectivity index (χ4n) is 2.13. The Kier molecular flexibility index (Phi) is 8.60. The van der Waals surface area contributed by atoms with Crippen LogP contribution in [0.4, 0.5) is 0 Å². The number of aromatic nitrogens is 1. The molecule has 162 valence electrons. The van der Waals surface area contributed by atoms with Crippen molar-refractivity contribution < 1.29 is 27.6 Å². The van der Waals surface area contributed by atoms with Crippen molar-refractivity contribution in [1.82, 2.24) is 20.9 Å². The molecule has 0 aliphatic carbocycles. The average Bonchev–Trinajstić information content (AvgIpc) is 2.66. The van der Waals surface area contributed by atoms with Crippen LogP contribution in [0.2, 0.25) is 0 Å². The van der Waals surface area contributed by atoms with Gasteiger partial charge in [0.05, 0.1) is 11.6 Å². The Bertz CT molecular complexity index is 999. The number of sulfone groups is 1. The van der Waals surface area contributed by atoms with Crippen LogP contribution < -0.4 is 16.0 Å². The van der Waals surface area contributed by atoms with E-state index in [0.29, 0.717) is 0 Å². The molecule has 0 saturated carbocycles. The van der Waals surface area contributed by atoms with Crippen molar-refractivity contribution in [3.63, 3.8) is 0 Å². The standard InChI is InChI=1S/C18H23N5O6S/c1-10(12(3)24)22-16(26)11(2)21-15(25)7-8-20-17(27)14-6-5-13(9-19)18(23-14)30(4,28)29/h5-6,10-11H,7-8H2,1-4H3,(H,20,27)(H,21,25)(H,22,26)/t10-,11-/m0/s1. The molecule has 1 aromatic rings. The number of nitrogens with one attached hydrogen (secondary N) is 3. The molecule has 0 aromatic carbocycles. The van der Waals surface area contributed by atoms with Gasteiger partial charge in [0.2, 0.25) is 11.8 Å². The Morgan fingerprint density at radius 2 is 1.77 bits per heavy atom. The molecular formula is C18H23N5O6S. The fraction of sp³-hybridized carbons (Fsp3) is 0.444. The van der Waals surface area contributed by atoms with Crippen molar-refractivity contribution in [2.45, 2.75) is 44.3 Å². The predicted octanol–water partition coefficient (Wildman–Crippen LogP) is -0.925. The lowest BCUT2D eigenvalue weighted by Crippen LogP contribution is -2.49. The number of nitriles is 1. The Labute approximate surface area is 174 Å². The van der Waals surface area contributed by atoms with Crippen LogP contribution in [0.5, 0.6) is 0 Å². The second kappa shape index (κ2) is 10.4. The first-order valence-corrected chi connectivity index (χ1v) is 10.8. The Morgan fingerprint density at radius 1 is 1.13 bits per heavy atom. The maximum atomic E-state index is 12.1. The van der Waals surface area contributed by atoms with Gasteiger partial charge in [0.1, 0.15) is 17.8 Å². The van der Waals surface area contributed by atoms with Gasteiger partial charge in [-0.3, -0.25) is 19.2 Å². The lowest BCUT2D eigenvalue weighted by Gasteiger charge is -2.17. The Hall–Kier alpha value is -3.33. The van der Waals surface area contributed by atoms with Gasteiger partial charge >= 0.3 is 0 Å². The zero-order valence-corrected chi connectivity index (χ0v) is 17.8. The van der Waals surface area contributed by atoms with E-state index in [1.807, 2.05) is 0 Å². The minimum Gasteiger partial charge on any atom is -0.350 e. The van der Waals surface area contributed by atoms with E-state index >= 15 is 0 Å². The van der Waals surface area contributed by atoms with Crippen LogP contribution in [0, 0.1) is 11.3 Å². The van der Waals surface area contributed by atoms with Crippen molar-refractivity contribution in [3.05, 3.63) is 23.4 Å². The molecule has 1 heterocycles. The van der Waals surface area contributed by atoms with Gasteiger partial charge in [-0.15, -0.1) is 0 Å². The number of carbonyl (C=O) groups excluding carboxylic acids is 4. The van der Waals surface area contributed by atoms with Gasteiger partial charge in [-0.2, -0.15) is 5.26 Å². The molecule has 3 amide bonds. The van der Waals surface area contributed by atoms with E-state index in [1.54, 1.807) is 6.07 Å². The topological polar surface area (TPSA) is 175 Å². The number of carbonyl (C=O) groups is 4. The van der Waals surface area contributed by atoms with E-state index < -0.39 is 44.7 Å². The molecule has 1 rings (SSSR count). The summed E-state index contributed by atoms with van der Waals surface area (Å²) in [5.41, 5.74) is -0.402. The lowest BCUT2D eigenvalue weighted by molar-refractivity contribution is -0.130. The average molecular weight is 437 g/mol. The zero-order valence-electron chi connectivity index (χ0n) is 17.0. The maximum Gasteiger partial charge on any atom is 0.269 e. The largest absolute Gasteiger partial charge is 0.350 e. The predicted molar refractivity (Wildman–Crippen MR) is 105 cm³/mol. The SMILES string of the molecule is CC(=O)[C@H](C)NC(=O)[C@H](C)NC(=O)CCNC(=O)c1ccc(C#N)c(S(C)(=O)=O)n1. The lowest BCUT2D eigenvalue weighted by atomic mass is 10.2. The molecule has 0 aliphatic heterocycles. The number of rotatable bonds is 9. The van der Waals surface area contributed by atoms with E-state index in [0.717, 1.165) is 6.26 Å². The first-order chi connectivity index (χ1) is 13.9. The van der Waals surface area contributed by atoms with Gasteiger partial charge in [-0.25, -0.2) is 13.4 Å². The van der Waals surface area contributed by atoms with E-state index in [1.165, 1.54) is 32.9 Å². The van der Waals surface area contributed by atoms with Crippen LogP contribution in [0.1, 0.15) is 43.2 Å². The van der Waals surface area contributed by atoms with Crippen LogP contribution in [0.25, 0.3) is 0 Å². The summed E-state index contributed by atoms with van der Waals surface area (Å²) in [6.07, 6.45) is 0.720. The van der Waals surface area contributed by atoms with Crippen LogP contribution >= 0.6 is 0 Å². The van der Waals surface area contributed by atoms with Gasteiger partial charge in [0.15, 0.2) is 20.6 Å². The molecule has 2 atom stereocenters. The monoisotopic (exact) mass is 437 g/mol. The molecular weight excluding hydrogens is 414 g/mol. The van der Waals surface area contributed by atoms with Gasteiger partial charge in [0.25, 0.3) is 5.91 Å². The van der Waals surface area contributed by atoms with Crippen molar-refractivity contribution in [1.29, 1.82) is 5.26 Å². The van der Waals surface area contributed by atoms with Gasteiger partial charge in [-0.1, -0.05) is 0 Å². The molecule has 3 N–H and O–H groups in total. The summed E-state index contributed by atoms with van der Waals surface area (Å²) in [5, 5.41) is 15.8. The molecule has 0 spiro atoms. The summed E-state index contributed by atoms with van der Waals surface area (Å²) in [7, 11) is -3.81. The number of Topliss-reactive ketones (excluding diaryl/α,β-unsaturated/α-hetero) is 1. The number of hydrogen-bond donors (Lipinski definition) is 3. The Balaban J connectivity index is 2.61. The molecule has 0 saturated heterocycles. The van der Waals surface area contributed by atoms with E-state index in [4.69, 9.17) is 5.26 Å².